The summed E-state index contributed by atoms with van der Waals surface area (Å²) in [6.07, 6.45) is 7.37. The molecule has 2 heterocycles. The van der Waals surface area contributed by atoms with E-state index in [-0.39, 0.29) is 35.6 Å². The quantitative estimate of drug-likeness (QED) is 0.338. The number of carbonyl (C=O) groups is 2. The number of aliphatic imine (C=N–C) groups is 1. The Morgan fingerprint density at radius 1 is 1.21 bits per heavy atom. The summed E-state index contributed by atoms with van der Waals surface area (Å²) in [7, 11) is 0. The summed E-state index contributed by atoms with van der Waals surface area (Å²) in [5.41, 5.74) is 4.17. The number of rotatable bonds is 6. The van der Waals surface area contributed by atoms with Crippen LogP contribution in [0.1, 0.15) is 75.8 Å². The predicted octanol–water partition coefficient (Wildman–Crippen LogP) is 5.28. The van der Waals surface area contributed by atoms with Crippen LogP contribution in [0.3, 0.4) is 0 Å². The number of nitrogens with zero attached hydrogens (tertiary/aromatic N) is 3. The monoisotopic (exact) mass is 649 g/mol. The second-order valence-corrected chi connectivity index (χ2v) is 14.5. The summed E-state index contributed by atoms with van der Waals surface area (Å²) in [5.74, 6) is 0.228. The largest absolute Gasteiger partial charge is 0.475 e. The fourth-order valence-corrected chi connectivity index (χ4v) is 10.3. The number of esters is 1. The van der Waals surface area contributed by atoms with Gasteiger partial charge in [0.05, 0.1) is 18.3 Å². The number of hydrogen-bond donors (Lipinski definition) is 1. The van der Waals surface area contributed by atoms with Crippen molar-refractivity contribution in [1.29, 1.82) is 0 Å². The standard InChI is InChI=1S/C34H40BrN3O5/c1-19-36-34(29(41)18-42-20(2)39)30(43-19)12-26-25-10-9-24-11-27-23(13-32(24,3)31(25)28(40)14-33(26,34)4)17-38(37-27)16-22-7-5-21(15-35)6-8-22/h5-8,11,17,25-26,28,30-31,40H,9-10,12-16,18H2,1-4H3/t25-,26-,28-,30+,31+,32-,33-,34+/m0/s1. The Balaban J connectivity index is 1.18. The van der Waals surface area contributed by atoms with Crippen LogP contribution in [0.5, 0.6) is 0 Å². The summed E-state index contributed by atoms with van der Waals surface area (Å²) in [6, 6.07) is 8.61. The zero-order valence-corrected chi connectivity index (χ0v) is 26.9. The maximum atomic E-state index is 13.9. The topological polar surface area (TPSA) is 103 Å². The fraction of sp³-hybridized carbons (Fsp3) is 0.588. The first-order chi connectivity index (χ1) is 20.5. The fourth-order valence-electron chi connectivity index (χ4n) is 9.88. The zero-order valence-electron chi connectivity index (χ0n) is 25.3. The number of carbonyl (C=O) groups excluding carboxylic acids is 2. The second kappa shape index (κ2) is 10.1. The number of aliphatic hydroxyl groups excluding tert-OH is 1. The molecule has 1 aromatic heterocycles. The molecule has 7 rings (SSSR count). The molecule has 5 aliphatic rings. The van der Waals surface area contributed by atoms with Crippen LogP contribution in [0.25, 0.3) is 6.08 Å². The molecule has 1 N–H and O–H groups in total. The highest BCUT2D eigenvalue weighted by Gasteiger charge is 2.74. The second-order valence-electron chi connectivity index (χ2n) is 13.9. The van der Waals surface area contributed by atoms with Crippen LogP contribution < -0.4 is 0 Å². The lowest BCUT2D eigenvalue weighted by Crippen LogP contribution is -2.62. The van der Waals surface area contributed by atoms with Crippen molar-refractivity contribution in [1.82, 2.24) is 9.78 Å². The van der Waals surface area contributed by atoms with Gasteiger partial charge in [0.1, 0.15) is 6.10 Å². The smallest absolute Gasteiger partial charge is 0.303 e. The molecule has 0 bridgehead atoms. The normalized spacial score (nSPS) is 37.1. The molecule has 228 valence electrons. The van der Waals surface area contributed by atoms with Gasteiger partial charge in [-0.3, -0.25) is 14.3 Å². The summed E-state index contributed by atoms with van der Waals surface area (Å²) in [5, 5.41) is 17.9. The molecule has 4 aliphatic carbocycles. The summed E-state index contributed by atoms with van der Waals surface area (Å²) in [4.78, 5) is 30.3. The van der Waals surface area contributed by atoms with E-state index in [4.69, 9.17) is 19.6 Å². The van der Waals surface area contributed by atoms with Gasteiger partial charge in [-0.05, 0) is 78.0 Å². The molecule has 0 amide bonds. The Bertz CT molecular complexity index is 1550. The van der Waals surface area contributed by atoms with Crippen LogP contribution in [-0.2, 0) is 37.4 Å². The van der Waals surface area contributed by atoms with Gasteiger partial charge in [0.15, 0.2) is 18.0 Å². The molecule has 1 aliphatic heterocycles. The Morgan fingerprint density at radius 2 is 1.95 bits per heavy atom. The molecule has 3 fully saturated rings. The highest BCUT2D eigenvalue weighted by Crippen LogP contribution is 2.69. The molecule has 0 saturated heterocycles. The van der Waals surface area contributed by atoms with E-state index in [0.29, 0.717) is 18.7 Å². The molecule has 8 atom stereocenters. The van der Waals surface area contributed by atoms with Crippen LogP contribution in [0, 0.1) is 28.6 Å². The van der Waals surface area contributed by atoms with Gasteiger partial charge in [-0.15, -0.1) is 0 Å². The number of ether oxygens (including phenoxy) is 2. The first-order valence-corrected chi connectivity index (χ1v) is 16.6. The third kappa shape index (κ3) is 4.24. The van der Waals surface area contributed by atoms with Crippen molar-refractivity contribution in [3.63, 3.8) is 0 Å². The molecule has 0 unspecified atom stereocenters. The van der Waals surface area contributed by atoms with Crippen LogP contribution >= 0.6 is 15.9 Å². The van der Waals surface area contributed by atoms with E-state index >= 15 is 0 Å². The third-order valence-corrected chi connectivity index (χ3v) is 12.3. The molecular formula is C34H40BrN3O5. The van der Waals surface area contributed by atoms with E-state index in [1.807, 2.05) is 4.68 Å². The van der Waals surface area contributed by atoms with Crippen molar-refractivity contribution >= 4 is 39.7 Å². The van der Waals surface area contributed by atoms with Gasteiger partial charge in [0.2, 0.25) is 5.78 Å². The van der Waals surface area contributed by atoms with E-state index in [1.165, 1.54) is 29.2 Å². The molecule has 2 aromatic rings. The molecule has 0 radical (unpaired) electrons. The average molecular weight is 651 g/mol. The van der Waals surface area contributed by atoms with E-state index in [1.54, 1.807) is 6.92 Å². The summed E-state index contributed by atoms with van der Waals surface area (Å²) < 4.78 is 13.5. The van der Waals surface area contributed by atoms with Crippen molar-refractivity contribution in [3.8, 4) is 0 Å². The summed E-state index contributed by atoms with van der Waals surface area (Å²) >= 11 is 3.52. The van der Waals surface area contributed by atoms with Crippen LogP contribution in [0.15, 0.2) is 41.0 Å². The SMILES string of the molecule is CC(=O)OCC(=O)[C@@]12N=C(C)O[C@@H]1C[C@H]1[C@@H]3CCC4=Cc5nn(Cc6ccc(CBr)cc6)cc5C[C@]4(C)[C@H]3[C@@H](O)C[C@@]12C. The predicted molar refractivity (Wildman–Crippen MR) is 166 cm³/mol. The lowest BCUT2D eigenvalue weighted by Gasteiger charge is -2.60. The summed E-state index contributed by atoms with van der Waals surface area (Å²) in [6.45, 7) is 7.94. The van der Waals surface area contributed by atoms with Crippen molar-refractivity contribution in [2.45, 2.75) is 89.4 Å². The number of fused-ring (bicyclic) bond motifs is 8. The van der Waals surface area contributed by atoms with Gasteiger partial charge < -0.3 is 14.6 Å². The lowest BCUT2D eigenvalue weighted by molar-refractivity contribution is -0.156. The first kappa shape index (κ1) is 29.0. The number of alkyl halides is 1. The van der Waals surface area contributed by atoms with Gasteiger partial charge in [0.25, 0.3) is 0 Å². The molecule has 3 saturated carbocycles. The number of ketones is 1. The highest BCUT2D eigenvalue weighted by atomic mass is 79.9. The molecule has 1 aromatic carbocycles. The Morgan fingerprint density at radius 3 is 2.67 bits per heavy atom. The lowest BCUT2D eigenvalue weighted by atomic mass is 9.45. The third-order valence-electron chi connectivity index (χ3n) is 11.6. The van der Waals surface area contributed by atoms with Crippen molar-refractivity contribution in [2.24, 2.45) is 33.6 Å². The minimum Gasteiger partial charge on any atom is -0.475 e. The minimum atomic E-state index is -1.15. The number of halogens is 1. The minimum absolute atomic E-state index is 0.0587. The van der Waals surface area contributed by atoms with Crippen LogP contribution in [0.4, 0.5) is 0 Å². The molecule has 9 heteroatoms. The van der Waals surface area contributed by atoms with E-state index < -0.39 is 29.1 Å². The molecule has 8 nitrogen and oxygen atoms in total. The molecule has 43 heavy (non-hydrogen) atoms. The number of aromatic nitrogens is 2. The van der Waals surface area contributed by atoms with Gasteiger partial charge in [-0.25, -0.2) is 4.99 Å². The van der Waals surface area contributed by atoms with Crippen molar-refractivity contribution in [3.05, 3.63) is 58.4 Å². The Kier molecular flexibility index (Phi) is 6.82. The van der Waals surface area contributed by atoms with Gasteiger partial charge in [-0.1, -0.05) is 59.6 Å². The van der Waals surface area contributed by atoms with Crippen molar-refractivity contribution in [2.75, 3.05) is 6.61 Å². The number of aliphatic hydroxyl groups is 1. The van der Waals surface area contributed by atoms with E-state index in [9.17, 15) is 14.7 Å². The number of hydrogen-bond acceptors (Lipinski definition) is 7. The van der Waals surface area contributed by atoms with Crippen LogP contribution in [-0.4, -0.2) is 56.9 Å². The van der Waals surface area contributed by atoms with Crippen molar-refractivity contribution < 1.29 is 24.2 Å². The average Bonchev–Trinajstić information content (AvgIpc) is 3.58. The van der Waals surface area contributed by atoms with Crippen LogP contribution in [0.2, 0.25) is 0 Å². The Hall–Kier alpha value is -2.78. The highest BCUT2D eigenvalue weighted by molar-refractivity contribution is 9.08. The van der Waals surface area contributed by atoms with Gasteiger partial charge >= 0.3 is 5.97 Å². The van der Waals surface area contributed by atoms with Gasteiger partial charge in [-0.2, -0.15) is 5.10 Å². The number of Topliss-reactive ketones (excluding diaryl/α,β-unsaturated/α-hetero) is 1. The van der Waals surface area contributed by atoms with E-state index in [0.717, 1.165) is 36.8 Å². The molecule has 0 spiro atoms. The molecular weight excluding hydrogens is 610 g/mol. The van der Waals surface area contributed by atoms with E-state index in [2.05, 4.69) is 66.3 Å². The maximum Gasteiger partial charge on any atom is 0.303 e. The first-order valence-electron chi connectivity index (χ1n) is 15.5. The maximum absolute atomic E-state index is 13.9. The number of benzene rings is 1. The van der Waals surface area contributed by atoms with Gasteiger partial charge in [0, 0.05) is 30.8 Å². The zero-order chi connectivity index (χ0) is 30.3. The number of allylic oxidation sites excluding steroid dienone is 1. The Labute approximate surface area is 261 Å².